The Kier molecular flexibility index (Phi) is 5.23. The van der Waals surface area contributed by atoms with Gasteiger partial charge in [0.2, 0.25) is 0 Å². The van der Waals surface area contributed by atoms with Gasteiger partial charge in [-0.1, -0.05) is 30.3 Å². The van der Waals surface area contributed by atoms with Crippen LogP contribution in [0.2, 0.25) is 0 Å². The Bertz CT molecular complexity index is 744. The number of hydrogen-bond donors (Lipinski definition) is 0. The number of piperazine rings is 1. The molecule has 7 nitrogen and oxygen atoms in total. The highest BCUT2D eigenvalue weighted by Crippen LogP contribution is 2.17. The summed E-state index contributed by atoms with van der Waals surface area (Å²) < 4.78 is 1.52. The Morgan fingerprint density at radius 3 is 2.36 bits per heavy atom. The van der Waals surface area contributed by atoms with E-state index in [-0.39, 0.29) is 5.91 Å². The van der Waals surface area contributed by atoms with Gasteiger partial charge >= 0.3 is 0 Å². The van der Waals surface area contributed by atoms with Crippen LogP contribution in [-0.2, 0) is 4.79 Å². The summed E-state index contributed by atoms with van der Waals surface area (Å²) in [4.78, 5) is 17.4. The number of tetrazole rings is 1. The lowest BCUT2D eigenvalue weighted by atomic mass is 10.1. The second-order valence-electron chi connectivity index (χ2n) is 6.50. The topological polar surface area (TPSA) is 67.2 Å². The number of rotatable bonds is 4. The maximum atomic E-state index is 13.2. The van der Waals surface area contributed by atoms with Crippen molar-refractivity contribution in [3.8, 4) is 0 Å². The SMILES string of the molecule is Cc1nnnn1C(=Cc1ccccc1)C(=O)N1CCN(C(C)C)CC1. The Morgan fingerprint density at radius 2 is 1.80 bits per heavy atom. The van der Waals surface area contributed by atoms with Crippen molar-refractivity contribution in [1.29, 1.82) is 0 Å². The summed E-state index contributed by atoms with van der Waals surface area (Å²) in [5, 5.41) is 11.6. The van der Waals surface area contributed by atoms with Crippen LogP contribution in [0.1, 0.15) is 25.2 Å². The van der Waals surface area contributed by atoms with E-state index in [1.54, 1.807) is 6.92 Å². The molecule has 1 aliphatic rings. The summed E-state index contributed by atoms with van der Waals surface area (Å²) in [6.45, 7) is 9.36. The maximum Gasteiger partial charge on any atom is 0.272 e. The Balaban J connectivity index is 1.87. The number of nitrogens with zero attached hydrogens (tertiary/aromatic N) is 6. The van der Waals surface area contributed by atoms with E-state index >= 15 is 0 Å². The number of carbonyl (C=O) groups is 1. The molecule has 1 aromatic carbocycles. The molecule has 1 aromatic heterocycles. The number of aromatic nitrogens is 4. The fourth-order valence-electron chi connectivity index (χ4n) is 2.98. The molecule has 1 saturated heterocycles. The van der Waals surface area contributed by atoms with E-state index in [4.69, 9.17) is 0 Å². The number of benzene rings is 1. The molecule has 0 atom stereocenters. The first-order valence-electron chi connectivity index (χ1n) is 8.61. The van der Waals surface area contributed by atoms with Crippen molar-refractivity contribution in [1.82, 2.24) is 30.0 Å². The van der Waals surface area contributed by atoms with Crippen molar-refractivity contribution in [3.63, 3.8) is 0 Å². The van der Waals surface area contributed by atoms with E-state index in [2.05, 4.69) is 34.3 Å². The van der Waals surface area contributed by atoms with Crippen LogP contribution in [0, 0.1) is 6.92 Å². The van der Waals surface area contributed by atoms with E-state index in [1.165, 1.54) is 4.68 Å². The molecule has 2 heterocycles. The van der Waals surface area contributed by atoms with Gasteiger partial charge in [0.1, 0.15) is 5.70 Å². The quantitative estimate of drug-likeness (QED) is 0.790. The van der Waals surface area contributed by atoms with Crippen molar-refractivity contribution in [3.05, 3.63) is 41.7 Å². The van der Waals surface area contributed by atoms with E-state index in [0.29, 0.717) is 30.7 Å². The van der Waals surface area contributed by atoms with E-state index in [9.17, 15) is 4.79 Å². The van der Waals surface area contributed by atoms with Crippen LogP contribution in [0.4, 0.5) is 0 Å². The van der Waals surface area contributed by atoms with Gasteiger partial charge in [0.25, 0.3) is 5.91 Å². The summed E-state index contributed by atoms with van der Waals surface area (Å²) in [5.41, 5.74) is 1.42. The summed E-state index contributed by atoms with van der Waals surface area (Å²) in [7, 11) is 0. The van der Waals surface area contributed by atoms with Gasteiger partial charge < -0.3 is 4.90 Å². The predicted octanol–water partition coefficient (Wildman–Crippen LogP) is 1.53. The Morgan fingerprint density at radius 1 is 1.12 bits per heavy atom. The molecule has 1 aliphatic heterocycles. The van der Waals surface area contributed by atoms with Crippen LogP contribution in [0.3, 0.4) is 0 Å². The second-order valence-corrected chi connectivity index (χ2v) is 6.50. The Hall–Kier alpha value is -2.54. The molecule has 0 N–H and O–H groups in total. The van der Waals surface area contributed by atoms with Crippen molar-refractivity contribution in [2.45, 2.75) is 26.8 Å². The van der Waals surface area contributed by atoms with Gasteiger partial charge in [-0.25, -0.2) is 0 Å². The summed E-state index contributed by atoms with van der Waals surface area (Å²) in [6.07, 6.45) is 1.85. The highest BCUT2D eigenvalue weighted by atomic mass is 16.2. The lowest BCUT2D eigenvalue weighted by molar-refractivity contribution is -0.127. The molecule has 7 heteroatoms. The average Bonchev–Trinajstić information content (AvgIpc) is 3.06. The number of aryl methyl sites for hydroxylation is 1. The minimum atomic E-state index is -0.0392. The van der Waals surface area contributed by atoms with Crippen LogP contribution < -0.4 is 0 Å². The van der Waals surface area contributed by atoms with Gasteiger partial charge in [0.15, 0.2) is 5.82 Å². The minimum Gasteiger partial charge on any atom is -0.335 e. The number of carbonyl (C=O) groups excluding carboxylic acids is 1. The van der Waals surface area contributed by atoms with Gasteiger partial charge in [-0.3, -0.25) is 9.69 Å². The van der Waals surface area contributed by atoms with Crippen LogP contribution in [0.25, 0.3) is 11.8 Å². The number of amides is 1. The van der Waals surface area contributed by atoms with Gasteiger partial charge in [-0.2, -0.15) is 4.68 Å². The van der Waals surface area contributed by atoms with E-state index < -0.39 is 0 Å². The standard InChI is InChI=1S/C18H24N6O/c1-14(2)22-9-11-23(12-10-22)18(25)17(24-15(3)19-20-21-24)13-16-7-5-4-6-8-16/h4-8,13-14H,9-12H2,1-3H3. The largest absolute Gasteiger partial charge is 0.335 e. The molecule has 0 bridgehead atoms. The van der Waals surface area contributed by atoms with Gasteiger partial charge in [0, 0.05) is 32.2 Å². The van der Waals surface area contributed by atoms with E-state index in [1.807, 2.05) is 41.3 Å². The molecule has 3 rings (SSSR count). The molecule has 1 fully saturated rings. The molecule has 25 heavy (non-hydrogen) atoms. The zero-order valence-electron chi connectivity index (χ0n) is 15.0. The van der Waals surface area contributed by atoms with Crippen molar-refractivity contribution in [2.24, 2.45) is 0 Å². The number of hydrogen-bond acceptors (Lipinski definition) is 5. The Labute approximate surface area is 147 Å². The van der Waals surface area contributed by atoms with Gasteiger partial charge in [0.05, 0.1) is 0 Å². The fourth-order valence-corrected chi connectivity index (χ4v) is 2.98. The van der Waals surface area contributed by atoms with Gasteiger partial charge in [-0.05, 0) is 42.8 Å². The minimum absolute atomic E-state index is 0.0392. The van der Waals surface area contributed by atoms with Crippen LogP contribution in [0.5, 0.6) is 0 Å². The molecular weight excluding hydrogens is 316 g/mol. The lowest BCUT2D eigenvalue weighted by Crippen LogP contribution is -2.51. The molecule has 1 amide bonds. The lowest BCUT2D eigenvalue weighted by Gasteiger charge is -2.37. The van der Waals surface area contributed by atoms with E-state index in [0.717, 1.165) is 18.7 Å². The molecule has 0 unspecified atom stereocenters. The molecule has 2 aromatic rings. The molecule has 0 saturated carbocycles. The molecule has 0 aliphatic carbocycles. The van der Waals surface area contributed by atoms with Crippen LogP contribution >= 0.6 is 0 Å². The summed E-state index contributed by atoms with van der Waals surface area (Å²) >= 11 is 0. The van der Waals surface area contributed by atoms with Crippen molar-refractivity contribution in [2.75, 3.05) is 26.2 Å². The third-order valence-electron chi connectivity index (χ3n) is 4.51. The van der Waals surface area contributed by atoms with Crippen molar-refractivity contribution < 1.29 is 4.79 Å². The third kappa shape index (κ3) is 3.93. The first-order chi connectivity index (χ1) is 12.1. The van der Waals surface area contributed by atoms with Crippen LogP contribution in [0.15, 0.2) is 30.3 Å². The highest BCUT2D eigenvalue weighted by molar-refractivity contribution is 6.18. The van der Waals surface area contributed by atoms with Crippen LogP contribution in [-0.4, -0.2) is 68.1 Å². The third-order valence-corrected chi connectivity index (χ3v) is 4.51. The molecule has 0 radical (unpaired) electrons. The monoisotopic (exact) mass is 340 g/mol. The second kappa shape index (κ2) is 7.57. The molecule has 0 spiro atoms. The zero-order valence-corrected chi connectivity index (χ0v) is 15.0. The molecule has 132 valence electrons. The summed E-state index contributed by atoms with van der Waals surface area (Å²) in [6, 6.07) is 10.3. The molecular formula is C18H24N6O. The van der Waals surface area contributed by atoms with Crippen molar-refractivity contribution >= 4 is 17.7 Å². The summed E-state index contributed by atoms with van der Waals surface area (Å²) in [5.74, 6) is 0.555. The highest BCUT2D eigenvalue weighted by Gasteiger charge is 2.26. The average molecular weight is 340 g/mol. The zero-order chi connectivity index (χ0) is 17.8. The van der Waals surface area contributed by atoms with Gasteiger partial charge in [-0.15, -0.1) is 5.10 Å². The first-order valence-corrected chi connectivity index (χ1v) is 8.61. The first kappa shape index (κ1) is 17.3. The maximum absolute atomic E-state index is 13.2. The predicted molar refractivity (Wildman–Crippen MR) is 96.5 cm³/mol. The normalized spacial score (nSPS) is 16.5. The smallest absolute Gasteiger partial charge is 0.272 e. The fraction of sp³-hybridized carbons (Fsp3) is 0.444.